The highest BCUT2D eigenvalue weighted by atomic mass is 35.5. The fourth-order valence-corrected chi connectivity index (χ4v) is 5.34. The maximum Gasteiger partial charge on any atom is 0.303 e. The highest BCUT2D eigenvalue weighted by Crippen LogP contribution is 2.46. The third-order valence-corrected chi connectivity index (χ3v) is 6.56. The minimum absolute atomic E-state index is 0.235. The van der Waals surface area contributed by atoms with Crippen molar-refractivity contribution in [1.82, 2.24) is 0 Å². The number of aliphatic carboxylic acids is 1. The number of fused-ring (bicyclic) bond motifs is 2. The molecule has 0 spiro atoms. The van der Waals surface area contributed by atoms with E-state index in [1.165, 1.54) is 20.9 Å². The summed E-state index contributed by atoms with van der Waals surface area (Å²) in [5, 5.41) is 9.90. The molecule has 120 valence electrons. The first kappa shape index (κ1) is 16.7. The molecule has 23 heavy (non-hydrogen) atoms. The van der Waals surface area contributed by atoms with Crippen molar-refractivity contribution in [3.63, 3.8) is 0 Å². The van der Waals surface area contributed by atoms with Crippen molar-refractivity contribution < 1.29 is 9.90 Å². The first-order valence-electron chi connectivity index (χ1n) is 7.52. The van der Waals surface area contributed by atoms with Gasteiger partial charge in [0.2, 0.25) is 0 Å². The van der Waals surface area contributed by atoms with Crippen LogP contribution in [0, 0.1) is 0 Å². The highest BCUT2D eigenvalue weighted by Gasteiger charge is 2.23. The van der Waals surface area contributed by atoms with Crippen molar-refractivity contribution in [3.8, 4) is 0 Å². The van der Waals surface area contributed by atoms with Gasteiger partial charge in [-0.25, -0.2) is 0 Å². The van der Waals surface area contributed by atoms with E-state index in [1.807, 2.05) is 17.8 Å². The van der Waals surface area contributed by atoms with E-state index in [-0.39, 0.29) is 6.42 Å². The van der Waals surface area contributed by atoms with E-state index in [0.29, 0.717) is 11.7 Å². The van der Waals surface area contributed by atoms with Crippen molar-refractivity contribution >= 4 is 41.1 Å². The lowest BCUT2D eigenvalue weighted by molar-refractivity contribution is -0.137. The monoisotopic (exact) mass is 364 g/mol. The molecule has 0 amide bonds. The Balaban J connectivity index is 1.83. The molecule has 1 unspecified atom stereocenters. The van der Waals surface area contributed by atoms with Gasteiger partial charge in [0, 0.05) is 26.5 Å². The summed E-state index contributed by atoms with van der Waals surface area (Å²) in [5.41, 5.74) is 2.61. The topological polar surface area (TPSA) is 37.3 Å². The Kier molecular flexibility index (Phi) is 5.57. The van der Waals surface area contributed by atoms with Crippen LogP contribution in [0.5, 0.6) is 0 Å². The van der Waals surface area contributed by atoms with Crippen LogP contribution in [0.25, 0.3) is 0 Å². The lowest BCUT2D eigenvalue weighted by Crippen LogP contribution is -2.02. The molecule has 5 heteroatoms. The van der Waals surface area contributed by atoms with E-state index in [0.717, 1.165) is 17.2 Å². The molecule has 0 aliphatic carbocycles. The van der Waals surface area contributed by atoms with Gasteiger partial charge in [0.15, 0.2) is 0 Å². The quantitative estimate of drug-likeness (QED) is 0.692. The number of hydrogen-bond acceptors (Lipinski definition) is 3. The molecule has 0 saturated carbocycles. The molecule has 2 nitrogen and oxygen atoms in total. The predicted molar refractivity (Wildman–Crippen MR) is 97.8 cm³/mol. The minimum Gasteiger partial charge on any atom is -0.481 e. The van der Waals surface area contributed by atoms with Crippen molar-refractivity contribution in [2.24, 2.45) is 0 Å². The number of carboxylic acid groups (broad SMARTS) is 1. The summed E-state index contributed by atoms with van der Waals surface area (Å²) in [6, 6.07) is 14.6. The van der Waals surface area contributed by atoms with Gasteiger partial charge in [0.1, 0.15) is 0 Å². The number of halogens is 1. The zero-order valence-electron chi connectivity index (χ0n) is 12.5. The van der Waals surface area contributed by atoms with Gasteiger partial charge in [-0.1, -0.05) is 41.6 Å². The molecule has 1 aliphatic heterocycles. The number of hydrogen-bond donors (Lipinski definition) is 1. The molecule has 0 bridgehead atoms. The maximum atomic E-state index is 10.7. The summed E-state index contributed by atoms with van der Waals surface area (Å²) < 4.78 is 0. The van der Waals surface area contributed by atoms with E-state index in [1.54, 1.807) is 11.8 Å². The average Bonchev–Trinajstić information content (AvgIpc) is 2.68. The summed E-state index contributed by atoms with van der Waals surface area (Å²) in [7, 11) is 0. The largest absolute Gasteiger partial charge is 0.481 e. The van der Waals surface area contributed by atoms with Crippen LogP contribution < -0.4 is 0 Å². The average molecular weight is 365 g/mol. The summed E-state index contributed by atoms with van der Waals surface area (Å²) in [4.78, 5) is 13.2. The third-order valence-electron chi connectivity index (χ3n) is 3.77. The SMILES string of the molecule is O=C(O)CCCSC1Cc2cc(Cl)ccc2Sc2ccccc21. The molecule has 1 aliphatic rings. The van der Waals surface area contributed by atoms with Crippen molar-refractivity contribution in [1.29, 1.82) is 0 Å². The van der Waals surface area contributed by atoms with E-state index in [2.05, 4.69) is 36.4 Å². The number of rotatable bonds is 5. The molecule has 0 fully saturated rings. The molecule has 0 saturated heterocycles. The van der Waals surface area contributed by atoms with E-state index >= 15 is 0 Å². The molecular weight excluding hydrogens is 348 g/mol. The fourth-order valence-electron chi connectivity index (χ4n) is 2.67. The Morgan fingerprint density at radius 1 is 1.26 bits per heavy atom. The Labute approximate surface area is 149 Å². The molecule has 2 aromatic rings. The summed E-state index contributed by atoms with van der Waals surface area (Å²) in [6.07, 6.45) is 1.87. The Hall–Kier alpha value is -1.10. The zero-order chi connectivity index (χ0) is 16.2. The number of thioether (sulfide) groups is 1. The van der Waals surface area contributed by atoms with Gasteiger partial charge in [0.25, 0.3) is 0 Å². The van der Waals surface area contributed by atoms with Gasteiger partial charge in [-0.2, -0.15) is 11.8 Å². The first-order chi connectivity index (χ1) is 11.1. The van der Waals surface area contributed by atoms with Crippen molar-refractivity contribution in [3.05, 3.63) is 58.6 Å². The smallest absolute Gasteiger partial charge is 0.303 e. The molecule has 1 heterocycles. The van der Waals surface area contributed by atoms with Crippen LogP contribution >= 0.6 is 35.1 Å². The van der Waals surface area contributed by atoms with Gasteiger partial charge >= 0.3 is 5.97 Å². The normalized spacial score (nSPS) is 16.3. The molecule has 3 rings (SSSR count). The third kappa shape index (κ3) is 4.25. The standard InChI is InChI=1S/C18H17ClO2S2/c19-13-7-8-15-12(10-13)11-17(22-9-3-6-18(20)21)14-4-1-2-5-16(14)23-15/h1-2,4-5,7-8,10,17H,3,6,9,11H2,(H,20,21). The number of carboxylic acids is 1. The van der Waals surface area contributed by atoms with Gasteiger partial charge < -0.3 is 5.11 Å². The van der Waals surface area contributed by atoms with E-state index in [9.17, 15) is 4.79 Å². The van der Waals surface area contributed by atoms with Crippen LogP contribution in [0.2, 0.25) is 5.02 Å². The first-order valence-corrected chi connectivity index (χ1v) is 9.76. The highest BCUT2D eigenvalue weighted by molar-refractivity contribution is 8.00. The van der Waals surface area contributed by atoms with Crippen LogP contribution in [0.1, 0.15) is 29.2 Å². The maximum absolute atomic E-state index is 10.7. The fraction of sp³-hybridized carbons (Fsp3) is 0.278. The van der Waals surface area contributed by atoms with Gasteiger partial charge in [-0.15, -0.1) is 0 Å². The van der Waals surface area contributed by atoms with Gasteiger partial charge in [-0.05, 0) is 54.0 Å². The second kappa shape index (κ2) is 7.65. The zero-order valence-corrected chi connectivity index (χ0v) is 14.9. The number of benzene rings is 2. The second-order valence-electron chi connectivity index (χ2n) is 5.45. The summed E-state index contributed by atoms with van der Waals surface area (Å²) in [5.74, 6) is 0.130. The molecule has 1 atom stereocenters. The molecule has 1 N–H and O–H groups in total. The van der Waals surface area contributed by atoms with Crippen LogP contribution in [-0.2, 0) is 11.2 Å². The summed E-state index contributed by atoms with van der Waals surface area (Å²) in [6.45, 7) is 0. The lowest BCUT2D eigenvalue weighted by Gasteiger charge is -2.17. The molecule has 2 aromatic carbocycles. The van der Waals surface area contributed by atoms with E-state index < -0.39 is 5.97 Å². The van der Waals surface area contributed by atoms with Crippen LogP contribution in [0.3, 0.4) is 0 Å². The van der Waals surface area contributed by atoms with Crippen LogP contribution in [0.15, 0.2) is 52.3 Å². The van der Waals surface area contributed by atoms with E-state index in [4.69, 9.17) is 16.7 Å². The number of carbonyl (C=O) groups is 1. The summed E-state index contributed by atoms with van der Waals surface area (Å²) >= 11 is 9.81. The molecular formula is C18H17ClO2S2. The van der Waals surface area contributed by atoms with Gasteiger partial charge in [-0.3, -0.25) is 4.79 Å². The Bertz CT molecular complexity index is 718. The molecule has 0 aromatic heterocycles. The minimum atomic E-state index is -0.723. The molecule has 0 radical (unpaired) electrons. The van der Waals surface area contributed by atoms with Crippen LogP contribution in [0.4, 0.5) is 0 Å². The van der Waals surface area contributed by atoms with Crippen molar-refractivity contribution in [2.75, 3.05) is 5.75 Å². The Morgan fingerprint density at radius 2 is 2.09 bits per heavy atom. The van der Waals surface area contributed by atoms with Gasteiger partial charge in [0.05, 0.1) is 0 Å². The second-order valence-corrected chi connectivity index (χ2v) is 8.28. The van der Waals surface area contributed by atoms with Crippen LogP contribution in [-0.4, -0.2) is 16.8 Å². The predicted octanol–water partition coefficient (Wildman–Crippen LogP) is 5.69. The lowest BCUT2D eigenvalue weighted by atomic mass is 10.0. The Morgan fingerprint density at radius 3 is 2.91 bits per heavy atom. The van der Waals surface area contributed by atoms with Crippen molar-refractivity contribution in [2.45, 2.75) is 34.3 Å².